The zero-order valence-corrected chi connectivity index (χ0v) is 17.0. The number of hydrogen-bond donors (Lipinski definition) is 3. The van der Waals surface area contributed by atoms with Crippen LogP contribution in [-0.4, -0.2) is 42.5 Å². The third-order valence-electron chi connectivity index (χ3n) is 5.39. The maximum absolute atomic E-state index is 10.3. The highest BCUT2D eigenvalue weighted by molar-refractivity contribution is 7.99. The molecule has 0 unspecified atom stereocenters. The summed E-state index contributed by atoms with van der Waals surface area (Å²) in [7, 11) is 0. The Hall–Kier alpha value is -2.87. The summed E-state index contributed by atoms with van der Waals surface area (Å²) in [5, 5.41) is 23.4. The fraction of sp³-hybridized carbons (Fsp3) is 0.217. The Morgan fingerprint density at radius 3 is 2.67 bits per heavy atom. The molecule has 5 rings (SSSR count). The third-order valence-corrected chi connectivity index (χ3v) is 6.81. The molecular weight excluding hydrogens is 396 g/mol. The summed E-state index contributed by atoms with van der Waals surface area (Å²) in [6.07, 6.45) is 3.83. The molecule has 152 valence electrons. The molecule has 1 saturated heterocycles. The van der Waals surface area contributed by atoms with Gasteiger partial charge in [-0.3, -0.25) is 4.40 Å². The van der Waals surface area contributed by atoms with E-state index in [4.69, 9.17) is 0 Å². The minimum absolute atomic E-state index is 0.201. The highest BCUT2D eigenvalue weighted by Crippen LogP contribution is 2.40. The minimum Gasteiger partial charge on any atom is -0.390 e. The van der Waals surface area contributed by atoms with Crippen LogP contribution in [0.5, 0.6) is 0 Å². The van der Waals surface area contributed by atoms with Gasteiger partial charge in [-0.1, -0.05) is 48.5 Å². The van der Waals surface area contributed by atoms with Crippen molar-refractivity contribution >= 4 is 23.2 Å². The molecule has 0 amide bonds. The van der Waals surface area contributed by atoms with Crippen molar-refractivity contribution in [3.8, 4) is 11.1 Å². The van der Waals surface area contributed by atoms with Crippen LogP contribution in [-0.2, 0) is 6.54 Å². The summed E-state index contributed by atoms with van der Waals surface area (Å²) < 4.78 is 1.94. The lowest BCUT2D eigenvalue weighted by Crippen LogP contribution is -2.25. The lowest BCUT2D eigenvalue weighted by atomic mass is 10.0. The fourth-order valence-corrected chi connectivity index (χ4v) is 5.14. The van der Waals surface area contributed by atoms with Crippen LogP contribution in [0.3, 0.4) is 0 Å². The number of aliphatic hydroxyl groups is 2. The van der Waals surface area contributed by atoms with E-state index in [1.165, 1.54) is 11.1 Å². The largest absolute Gasteiger partial charge is 0.390 e. The molecule has 0 radical (unpaired) electrons. The first-order chi connectivity index (χ1) is 14.7. The lowest BCUT2D eigenvalue weighted by molar-refractivity contribution is 0.0411. The van der Waals surface area contributed by atoms with E-state index in [1.807, 2.05) is 28.8 Å². The van der Waals surface area contributed by atoms with E-state index in [0.29, 0.717) is 23.8 Å². The predicted molar refractivity (Wildman–Crippen MR) is 119 cm³/mol. The number of hydrogen-bond acceptors (Lipinski definition) is 6. The Labute approximate surface area is 178 Å². The number of anilines is 1. The van der Waals surface area contributed by atoms with E-state index >= 15 is 0 Å². The molecule has 6 nitrogen and oxygen atoms in total. The molecule has 1 fully saturated rings. The maximum atomic E-state index is 10.3. The number of aliphatic hydroxyl groups excluding tert-OH is 2. The zero-order valence-electron chi connectivity index (χ0n) is 16.2. The van der Waals surface area contributed by atoms with E-state index in [9.17, 15) is 10.2 Å². The molecule has 3 N–H and O–H groups in total. The highest BCUT2D eigenvalue weighted by Gasteiger charge is 2.37. The first-order valence-corrected chi connectivity index (χ1v) is 10.9. The number of aromatic nitrogens is 3. The normalized spacial score (nSPS) is 21.2. The van der Waals surface area contributed by atoms with Crippen molar-refractivity contribution in [2.24, 2.45) is 0 Å². The molecule has 30 heavy (non-hydrogen) atoms. The quantitative estimate of drug-likeness (QED) is 0.460. The number of nitrogens with zero attached hydrogens (tertiary/aromatic N) is 3. The average molecular weight is 419 g/mol. The molecule has 1 aliphatic rings. The second kappa shape index (κ2) is 8.10. The molecule has 4 aromatic rings. The van der Waals surface area contributed by atoms with Gasteiger partial charge < -0.3 is 15.5 Å². The van der Waals surface area contributed by atoms with Gasteiger partial charge in [-0.15, -0.1) is 11.8 Å². The van der Waals surface area contributed by atoms with Crippen molar-refractivity contribution in [2.75, 3.05) is 11.1 Å². The summed E-state index contributed by atoms with van der Waals surface area (Å²) in [4.78, 5) is 9.00. The number of imidazole rings is 1. The van der Waals surface area contributed by atoms with Crippen LogP contribution >= 0.6 is 11.8 Å². The average Bonchev–Trinajstić information content (AvgIpc) is 3.36. The van der Waals surface area contributed by atoms with E-state index in [1.54, 1.807) is 24.2 Å². The molecule has 2 aromatic heterocycles. The van der Waals surface area contributed by atoms with Crippen LogP contribution in [0.15, 0.2) is 73.2 Å². The number of benzene rings is 2. The van der Waals surface area contributed by atoms with E-state index in [2.05, 4.69) is 51.7 Å². The van der Waals surface area contributed by atoms with Crippen LogP contribution in [0.25, 0.3) is 16.8 Å². The summed E-state index contributed by atoms with van der Waals surface area (Å²) >= 11 is 1.55. The summed E-state index contributed by atoms with van der Waals surface area (Å²) in [5.41, 5.74) is 5.09. The molecule has 0 bridgehead atoms. The van der Waals surface area contributed by atoms with Crippen LogP contribution in [0.4, 0.5) is 5.82 Å². The number of thioether (sulfide) groups is 1. The monoisotopic (exact) mass is 418 g/mol. The van der Waals surface area contributed by atoms with Gasteiger partial charge in [0.25, 0.3) is 0 Å². The van der Waals surface area contributed by atoms with Crippen LogP contribution in [0.2, 0.25) is 0 Å². The molecule has 7 heteroatoms. The summed E-state index contributed by atoms with van der Waals surface area (Å²) in [6.45, 7) is 0.620. The van der Waals surface area contributed by atoms with E-state index in [0.717, 1.165) is 11.3 Å². The molecule has 0 spiro atoms. The molecule has 0 saturated carbocycles. The van der Waals surface area contributed by atoms with Crippen molar-refractivity contribution in [3.05, 3.63) is 84.4 Å². The lowest BCUT2D eigenvalue weighted by Gasteiger charge is -2.15. The third kappa shape index (κ3) is 3.56. The van der Waals surface area contributed by atoms with Crippen molar-refractivity contribution in [1.29, 1.82) is 0 Å². The van der Waals surface area contributed by atoms with Gasteiger partial charge in [0.1, 0.15) is 0 Å². The van der Waals surface area contributed by atoms with E-state index < -0.39 is 12.2 Å². The van der Waals surface area contributed by atoms with Gasteiger partial charge in [0.15, 0.2) is 11.5 Å². The first kappa shape index (κ1) is 19.1. The fourth-order valence-electron chi connectivity index (χ4n) is 3.81. The Morgan fingerprint density at radius 1 is 1.03 bits per heavy atom. The Bertz CT molecular complexity index is 1160. The van der Waals surface area contributed by atoms with Gasteiger partial charge in [-0.05, 0) is 22.8 Å². The van der Waals surface area contributed by atoms with Crippen LogP contribution < -0.4 is 5.32 Å². The SMILES string of the molecule is O[C@@H]1[C@H](O)CS[C@H]1c1cnc2c(NCc3cccc(-c4ccccc4)c3)nccn12. The standard InChI is InChI=1S/C23H22N4O2S/c28-19-14-30-21(20(19)29)18-13-26-23-22(24-9-10-27(18)23)25-12-15-5-4-8-17(11-15)16-6-2-1-3-7-16/h1-11,13,19-21,28-29H,12,14H2,(H,24,25)/t19-,20-,21+/m1/s1. The minimum atomic E-state index is -0.791. The van der Waals surface area contributed by atoms with Crippen molar-refractivity contribution in [1.82, 2.24) is 14.4 Å². The summed E-state index contributed by atoms with van der Waals surface area (Å²) in [5.74, 6) is 1.21. The number of rotatable bonds is 5. The van der Waals surface area contributed by atoms with Gasteiger partial charge in [0.2, 0.25) is 0 Å². The smallest absolute Gasteiger partial charge is 0.180 e. The van der Waals surface area contributed by atoms with Crippen molar-refractivity contribution in [2.45, 2.75) is 24.0 Å². The molecule has 0 aliphatic carbocycles. The second-order valence-corrected chi connectivity index (χ2v) is 8.56. The molecule has 1 aliphatic heterocycles. The van der Waals surface area contributed by atoms with Gasteiger partial charge in [0, 0.05) is 24.7 Å². The second-order valence-electron chi connectivity index (χ2n) is 7.38. The van der Waals surface area contributed by atoms with Crippen molar-refractivity contribution < 1.29 is 10.2 Å². The highest BCUT2D eigenvalue weighted by atomic mass is 32.2. The van der Waals surface area contributed by atoms with Crippen LogP contribution in [0, 0.1) is 0 Å². The van der Waals surface area contributed by atoms with Gasteiger partial charge in [-0.25, -0.2) is 9.97 Å². The van der Waals surface area contributed by atoms with Gasteiger partial charge in [-0.2, -0.15) is 0 Å². The molecule has 3 heterocycles. The number of nitrogens with one attached hydrogen (secondary N) is 1. The molecular formula is C23H22N4O2S. The Balaban J connectivity index is 1.38. The number of fused-ring (bicyclic) bond motifs is 1. The van der Waals surface area contributed by atoms with Crippen LogP contribution in [0.1, 0.15) is 16.5 Å². The van der Waals surface area contributed by atoms with Crippen molar-refractivity contribution in [3.63, 3.8) is 0 Å². The zero-order chi connectivity index (χ0) is 20.5. The van der Waals surface area contributed by atoms with Gasteiger partial charge in [0.05, 0.1) is 29.3 Å². The molecule has 3 atom stereocenters. The Kier molecular flexibility index (Phi) is 5.16. The maximum Gasteiger partial charge on any atom is 0.180 e. The topological polar surface area (TPSA) is 82.7 Å². The van der Waals surface area contributed by atoms with E-state index in [-0.39, 0.29) is 5.25 Å². The van der Waals surface area contributed by atoms with Gasteiger partial charge >= 0.3 is 0 Å². The molecule has 2 aromatic carbocycles. The predicted octanol–water partition coefficient (Wildman–Crippen LogP) is 3.52. The summed E-state index contributed by atoms with van der Waals surface area (Å²) in [6, 6.07) is 18.7. The Morgan fingerprint density at radius 2 is 1.87 bits per heavy atom. The first-order valence-electron chi connectivity index (χ1n) is 9.88.